The summed E-state index contributed by atoms with van der Waals surface area (Å²) in [6.45, 7) is 0.650. The molecule has 2 amide bonds. The summed E-state index contributed by atoms with van der Waals surface area (Å²) in [7, 11) is 0. The first kappa shape index (κ1) is 16.6. The van der Waals surface area contributed by atoms with Gasteiger partial charge in [-0.1, -0.05) is 23.2 Å². The van der Waals surface area contributed by atoms with Gasteiger partial charge < -0.3 is 9.64 Å². The first-order chi connectivity index (χ1) is 11.5. The van der Waals surface area contributed by atoms with Gasteiger partial charge in [0, 0.05) is 35.4 Å². The molecule has 0 aliphatic carbocycles. The molecule has 2 aromatic carbocycles. The molecule has 5 nitrogen and oxygen atoms in total. The van der Waals surface area contributed by atoms with Crippen LogP contribution in [-0.4, -0.2) is 18.5 Å². The van der Waals surface area contributed by atoms with Crippen molar-refractivity contribution >= 4 is 46.6 Å². The number of carbonyl (C=O) groups excluding carboxylic acids is 2. The van der Waals surface area contributed by atoms with Gasteiger partial charge in [0.15, 0.2) is 5.75 Å². The zero-order chi connectivity index (χ0) is 17.1. The van der Waals surface area contributed by atoms with Gasteiger partial charge in [0.2, 0.25) is 5.91 Å². The van der Waals surface area contributed by atoms with Crippen LogP contribution in [0.5, 0.6) is 5.75 Å². The van der Waals surface area contributed by atoms with Crippen molar-refractivity contribution < 1.29 is 14.3 Å². The van der Waals surface area contributed by atoms with Crippen LogP contribution in [0.3, 0.4) is 0 Å². The second-order valence-corrected chi connectivity index (χ2v) is 6.13. The number of hydrogen-bond acceptors (Lipinski definition) is 3. The molecule has 2 aromatic rings. The van der Waals surface area contributed by atoms with Gasteiger partial charge in [-0.2, -0.15) is 0 Å². The van der Waals surface area contributed by atoms with Gasteiger partial charge in [0.1, 0.15) is 0 Å². The third-order valence-corrected chi connectivity index (χ3v) is 4.16. The van der Waals surface area contributed by atoms with Crippen molar-refractivity contribution in [1.82, 2.24) is 0 Å². The van der Waals surface area contributed by atoms with Gasteiger partial charge in [-0.15, -0.1) is 0 Å². The van der Waals surface area contributed by atoms with E-state index in [1.807, 2.05) is 0 Å². The molecule has 7 heteroatoms. The van der Waals surface area contributed by atoms with Crippen LogP contribution < -0.4 is 15.0 Å². The first-order valence-corrected chi connectivity index (χ1v) is 8.13. The van der Waals surface area contributed by atoms with Crippen LogP contribution in [0.25, 0.3) is 0 Å². The van der Waals surface area contributed by atoms with Gasteiger partial charge in [0.05, 0.1) is 5.02 Å². The van der Waals surface area contributed by atoms with E-state index in [4.69, 9.17) is 27.9 Å². The number of hydrogen-bond donors (Lipinski definition) is 1. The highest BCUT2D eigenvalue weighted by Crippen LogP contribution is 2.31. The molecule has 1 aliphatic heterocycles. The fourth-order valence-electron chi connectivity index (χ4n) is 2.44. The van der Waals surface area contributed by atoms with Crippen LogP contribution in [-0.2, 0) is 4.79 Å². The van der Waals surface area contributed by atoms with E-state index in [1.54, 1.807) is 47.4 Å². The molecule has 0 aromatic heterocycles. The summed E-state index contributed by atoms with van der Waals surface area (Å²) in [5.41, 5.74) is 1.21. The van der Waals surface area contributed by atoms with Crippen LogP contribution >= 0.6 is 23.2 Å². The molecule has 0 radical (unpaired) electrons. The quantitative estimate of drug-likeness (QED) is 0.856. The lowest BCUT2D eigenvalue weighted by Gasteiger charge is -2.17. The Morgan fingerprint density at radius 1 is 1.12 bits per heavy atom. The molecule has 0 spiro atoms. The predicted octanol–water partition coefficient (Wildman–Crippen LogP) is 4.73. The number of amides is 2. The van der Waals surface area contributed by atoms with E-state index in [-0.39, 0.29) is 16.7 Å². The van der Waals surface area contributed by atoms with Gasteiger partial charge in [-0.3, -0.25) is 10.1 Å². The highest BCUT2D eigenvalue weighted by molar-refractivity contribution is 6.32. The van der Waals surface area contributed by atoms with Crippen LogP contribution in [0.4, 0.5) is 16.2 Å². The molecule has 1 fully saturated rings. The Morgan fingerprint density at radius 3 is 2.54 bits per heavy atom. The fourth-order valence-corrected chi connectivity index (χ4v) is 2.72. The largest absolute Gasteiger partial charge is 0.417 e. The number of rotatable bonds is 3. The monoisotopic (exact) mass is 364 g/mol. The summed E-state index contributed by atoms with van der Waals surface area (Å²) in [5.74, 6) is 0.245. The van der Waals surface area contributed by atoms with Gasteiger partial charge in [-0.25, -0.2) is 4.79 Å². The molecule has 0 unspecified atom stereocenters. The minimum absolute atomic E-state index is 0.0499. The van der Waals surface area contributed by atoms with E-state index in [0.29, 0.717) is 29.4 Å². The van der Waals surface area contributed by atoms with Crippen molar-refractivity contribution in [3.63, 3.8) is 0 Å². The maximum absolute atomic E-state index is 12.0. The summed E-state index contributed by atoms with van der Waals surface area (Å²) >= 11 is 11.9. The maximum atomic E-state index is 12.0. The van der Waals surface area contributed by atoms with Crippen LogP contribution in [0.2, 0.25) is 10.0 Å². The SMILES string of the molecule is O=C(Nc1ccc(Cl)cc1)Oc1cc(N2CCCC2=O)ccc1Cl. The molecule has 1 aliphatic rings. The third kappa shape index (κ3) is 3.80. The Morgan fingerprint density at radius 2 is 1.88 bits per heavy atom. The average Bonchev–Trinajstić information content (AvgIpc) is 2.98. The molecular formula is C17H14Cl2N2O3. The summed E-state index contributed by atoms with van der Waals surface area (Å²) in [6.07, 6.45) is 0.661. The lowest BCUT2D eigenvalue weighted by Crippen LogP contribution is -2.24. The standard InChI is InChI=1S/C17H14Cl2N2O3/c18-11-3-5-12(6-4-11)20-17(23)24-15-10-13(7-8-14(15)19)21-9-1-2-16(21)22/h3-8,10H,1-2,9H2,(H,20,23). The number of nitrogens with zero attached hydrogens (tertiary/aromatic N) is 1. The molecular weight excluding hydrogens is 351 g/mol. The number of benzene rings is 2. The van der Waals surface area contributed by atoms with Crippen molar-refractivity contribution in [2.45, 2.75) is 12.8 Å². The maximum Gasteiger partial charge on any atom is 0.417 e. The number of anilines is 2. The minimum Gasteiger partial charge on any atom is -0.408 e. The highest BCUT2D eigenvalue weighted by atomic mass is 35.5. The summed E-state index contributed by atoms with van der Waals surface area (Å²) in [6, 6.07) is 11.6. The van der Waals surface area contributed by atoms with Crippen LogP contribution in [0.1, 0.15) is 12.8 Å². The zero-order valence-corrected chi connectivity index (χ0v) is 14.1. The molecule has 3 rings (SSSR count). The van der Waals surface area contributed by atoms with E-state index in [2.05, 4.69) is 5.32 Å². The van der Waals surface area contributed by atoms with E-state index < -0.39 is 6.09 Å². The molecule has 1 N–H and O–H groups in total. The van der Waals surface area contributed by atoms with Crippen molar-refractivity contribution in [3.05, 3.63) is 52.5 Å². The molecule has 0 atom stereocenters. The summed E-state index contributed by atoms with van der Waals surface area (Å²) in [5, 5.41) is 3.44. The number of carbonyl (C=O) groups is 2. The van der Waals surface area contributed by atoms with Crippen LogP contribution in [0.15, 0.2) is 42.5 Å². The molecule has 0 bridgehead atoms. The summed E-state index contributed by atoms with van der Waals surface area (Å²) in [4.78, 5) is 25.5. The van der Waals surface area contributed by atoms with Gasteiger partial charge >= 0.3 is 6.09 Å². The molecule has 0 saturated carbocycles. The zero-order valence-electron chi connectivity index (χ0n) is 12.6. The van der Waals surface area contributed by atoms with Crippen molar-refractivity contribution in [1.29, 1.82) is 0 Å². The number of halogens is 2. The third-order valence-electron chi connectivity index (χ3n) is 3.59. The topological polar surface area (TPSA) is 58.6 Å². The Hall–Kier alpha value is -2.24. The lowest BCUT2D eigenvalue weighted by atomic mass is 10.2. The number of nitrogens with one attached hydrogen (secondary N) is 1. The Kier molecular flexibility index (Phi) is 4.92. The second-order valence-electron chi connectivity index (χ2n) is 5.29. The molecule has 24 heavy (non-hydrogen) atoms. The van der Waals surface area contributed by atoms with E-state index in [9.17, 15) is 9.59 Å². The van der Waals surface area contributed by atoms with E-state index >= 15 is 0 Å². The minimum atomic E-state index is -0.677. The molecule has 1 heterocycles. The highest BCUT2D eigenvalue weighted by Gasteiger charge is 2.22. The van der Waals surface area contributed by atoms with Crippen molar-refractivity contribution in [3.8, 4) is 5.75 Å². The van der Waals surface area contributed by atoms with Crippen molar-refractivity contribution in [2.24, 2.45) is 0 Å². The van der Waals surface area contributed by atoms with Gasteiger partial charge in [-0.05, 0) is 42.8 Å². The Labute approximate surface area is 149 Å². The lowest BCUT2D eigenvalue weighted by molar-refractivity contribution is -0.117. The fraction of sp³-hybridized carbons (Fsp3) is 0.176. The van der Waals surface area contributed by atoms with Crippen molar-refractivity contribution in [2.75, 3.05) is 16.8 Å². The molecule has 124 valence electrons. The average molecular weight is 365 g/mol. The molecule has 1 saturated heterocycles. The normalized spacial score (nSPS) is 13.9. The van der Waals surface area contributed by atoms with Gasteiger partial charge in [0.25, 0.3) is 0 Å². The van der Waals surface area contributed by atoms with Crippen LogP contribution in [0, 0.1) is 0 Å². The first-order valence-electron chi connectivity index (χ1n) is 7.37. The second kappa shape index (κ2) is 7.11. The van der Waals surface area contributed by atoms with E-state index in [0.717, 1.165) is 6.42 Å². The number of ether oxygens (including phenoxy) is 1. The van der Waals surface area contributed by atoms with E-state index in [1.165, 1.54) is 0 Å². The Bertz CT molecular complexity index is 778. The Balaban J connectivity index is 1.72. The smallest absolute Gasteiger partial charge is 0.408 e. The predicted molar refractivity (Wildman–Crippen MR) is 94.1 cm³/mol. The summed E-state index contributed by atoms with van der Waals surface area (Å²) < 4.78 is 5.26.